The second-order valence-corrected chi connectivity index (χ2v) is 13.6. The van der Waals surface area contributed by atoms with E-state index in [9.17, 15) is 0 Å². The second kappa shape index (κ2) is 10.0. The predicted octanol–water partition coefficient (Wildman–Crippen LogP) is 12.6. The van der Waals surface area contributed by atoms with Crippen LogP contribution in [0.2, 0.25) is 0 Å². The first-order chi connectivity index (χ1) is 23.5. The normalized spacial score (nSPS) is 13.4. The number of hydrogen-bond donors (Lipinski definition) is 0. The van der Waals surface area contributed by atoms with Crippen LogP contribution >= 0.6 is 0 Å². The lowest BCUT2D eigenvalue weighted by Gasteiger charge is -2.21. The molecule has 0 N–H and O–H groups in total. The summed E-state index contributed by atoms with van der Waals surface area (Å²) >= 11 is 0. The van der Waals surface area contributed by atoms with Crippen LogP contribution < -0.4 is 0 Å². The number of aromatic nitrogens is 1. The van der Waals surface area contributed by atoms with E-state index in [2.05, 4.69) is 159 Å². The minimum Gasteiger partial charge on any atom is -0.456 e. The van der Waals surface area contributed by atoms with E-state index in [-0.39, 0.29) is 5.41 Å². The monoisotopic (exact) mass is 613 g/mol. The summed E-state index contributed by atoms with van der Waals surface area (Å²) in [6.07, 6.45) is 0. The molecule has 226 valence electrons. The fourth-order valence-electron chi connectivity index (χ4n) is 8.00. The molecular weight excluding hydrogens is 583 g/mol. The zero-order chi connectivity index (χ0) is 32.0. The quantitative estimate of drug-likeness (QED) is 0.198. The Balaban J connectivity index is 1.16. The van der Waals surface area contributed by atoms with Crippen molar-refractivity contribution in [3.8, 4) is 44.6 Å². The molecule has 9 aromatic rings. The molecule has 10 rings (SSSR count). The maximum atomic E-state index is 6.34. The number of pyridine rings is 1. The predicted molar refractivity (Wildman–Crippen MR) is 200 cm³/mol. The number of furan rings is 1. The van der Waals surface area contributed by atoms with Crippen molar-refractivity contribution < 1.29 is 4.42 Å². The van der Waals surface area contributed by atoms with Crippen molar-refractivity contribution >= 4 is 43.6 Å². The number of rotatable bonds is 3. The molecule has 0 unspecified atom stereocenters. The SMILES string of the molecule is CC1(C)c2ccc(-c3cc(-c4ccccc4)c4cc(-c5cccc6ccccc56)ccc4n3)cc2-c2cc3oc4ccccc4c3cc21. The van der Waals surface area contributed by atoms with E-state index in [1.807, 2.05) is 6.07 Å². The first-order valence-corrected chi connectivity index (χ1v) is 16.6. The third-order valence-electron chi connectivity index (χ3n) is 10.5. The Morgan fingerprint density at radius 1 is 0.438 bits per heavy atom. The van der Waals surface area contributed by atoms with Gasteiger partial charge in [0.05, 0.1) is 11.2 Å². The highest BCUT2D eigenvalue weighted by molar-refractivity contribution is 6.08. The first kappa shape index (κ1) is 27.2. The lowest BCUT2D eigenvalue weighted by Crippen LogP contribution is -2.14. The van der Waals surface area contributed by atoms with Crippen LogP contribution in [0, 0.1) is 0 Å². The van der Waals surface area contributed by atoms with Gasteiger partial charge in [0.1, 0.15) is 11.2 Å². The van der Waals surface area contributed by atoms with Crippen molar-refractivity contribution in [1.29, 1.82) is 0 Å². The van der Waals surface area contributed by atoms with Crippen molar-refractivity contribution in [1.82, 2.24) is 4.98 Å². The topological polar surface area (TPSA) is 26.0 Å². The maximum absolute atomic E-state index is 6.34. The minimum atomic E-state index is -0.125. The maximum Gasteiger partial charge on any atom is 0.136 e. The molecule has 48 heavy (non-hydrogen) atoms. The Bertz CT molecular complexity index is 2740. The molecule has 0 saturated carbocycles. The van der Waals surface area contributed by atoms with Crippen LogP contribution in [0.3, 0.4) is 0 Å². The van der Waals surface area contributed by atoms with Gasteiger partial charge >= 0.3 is 0 Å². The van der Waals surface area contributed by atoms with Gasteiger partial charge in [-0.3, -0.25) is 0 Å². The van der Waals surface area contributed by atoms with E-state index in [1.54, 1.807) is 0 Å². The Labute approximate surface area is 278 Å². The largest absolute Gasteiger partial charge is 0.456 e. The minimum absolute atomic E-state index is 0.125. The molecule has 1 aliphatic carbocycles. The molecule has 1 aliphatic rings. The third kappa shape index (κ3) is 3.96. The number of hydrogen-bond acceptors (Lipinski definition) is 2. The molecule has 7 aromatic carbocycles. The zero-order valence-electron chi connectivity index (χ0n) is 26.8. The Kier molecular flexibility index (Phi) is 5.66. The van der Waals surface area contributed by atoms with Crippen LogP contribution in [0.5, 0.6) is 0 Å². The highest BCUT2D eigenvalue weighted by atomic mass is 16.3. The van der Waals surface area contributed by atoms with Gasteiger partial charge in [-0.1, -0.05) is 123 Å². The lowest BCUT2D eigenvalue weighted by molar-refractivity contribution is 0.658. The van der Waals surface area contributed by atoms with E-state index in [0.717, 1.165) is 33.3 Å². The van der Waals surface area contributed by atoms with Gasteiger partial charge in [-0.05, 0) is 97.7 Å². The van der Waals surface area contributed by atoms with E-state index in [0.29, 0.717) is 0 Å². The van der Waals surface area contributed by atoms with Crippen molar-refractivity contribution in [2.75, 3.05) is 0 Å². The fraction of sp³-hybridized carbons (Fsp3) is 0.0652. The molecule has 0 aliphatic heterocycles. The molecule has 2 aromatic heterocycles. The Morgan fingerprint density at radius 2 is 1.19 bits per heavy atom. The van der Waals surface area contributed by atoms with Crippen LogP contribution in [0.4, 0.5) is 0 Å². The lowest BCUT2D eigenvalue weighted by atomic mass is 9.82. The molecule has 0 radical (unpaired) electrons. The average Bonchev–Trinajstić information content (AvgIpc) is 3.61. The summed E-state index contributed by atoms with van der Waals surface area (Å²) in [7, 11) is 0. The number of para-hydroxylation sites is 1. The standard InChI is InChI=1S/C46H31NO/c1-46(2)40-21-19-31(24-36(40)37-27-45-39(25-41(37)46)34-16-8-9-18-44(34)48-45)43-26-35(29-11-4-3-5-12-29)38-23-30(20-22-42(38)47-43)33-17-10-14-28-13-6-7-15-32(28)33/h3-27H,1-2H3. The molecule has 0 fully saturated rings. The van der Waals surface area contributed by atoms with Gasteiger partial charge in [-0.15, -0.1) is 0 Å². The van der Waals surface area contributed by atoms with E-state index in [1.165, 1.54) is 66.1 Å². The second-order valence-electron chi connectivity index (χ2n) is 13.6. The number of nitrogens with zero attached hydrogens (tertiary/aromatic N) is 1. The van der Waals surface area contributed by atoms with Crippen molar-refractivity contribution in [3.63, 3.8) is 0 Å². The average molecular weight is 614 g/mol. The van der Waals surface area contributed by atoms with Crippen molar-refractivity contribution in [3.05, 3.63) is 163 Å². The van der Waals surface area contributed by atoms with Gasteiger partial charge in [0.15, 0.2) is 0 Å². The molecule has 0 atom stereocenters. The highest BCUT2D eigenvalue weighted by Gasteiger charge is 2.36. The molecule has 2 heteroatoms. The molecular formula is C46H31NO. The van der Waals surface area contributed by atoms with Crippen LogP contribution in [0.15, 0.2) is 156 Å². The summed E-state index contributed by atoms with van der Waals surface area (Å²) in [6.45, 7) is 4.67. The van der Waals surface area contributed by atoms with Crippen LogP contribution in [0.1, 0.15) is 25.0 Å². The summed E-state index contributed by atoms with van der Waals surface area (Å²) in [5.74, 6) is 0. The van der Waals surface area contributed by atoms with Crippen molar-refractivity contribution in [2.45, 2.75) is 19.3 Å². The van der Waals surface area contributed by atoms with Gasteiger partial charge < -0.3 is 4.42 Å². The van der Waals surface area contributed by atoms with Gasteiger partial charge in [-0.25, -0.2) is 4.98 Å². The number of benzene rings is 7. The molecule has 0 amide bonds. The zero-order valence-corrected chi connectivity index (χ0v) is 26.8. The summed E-state index contributed by atoms with van der Waals surface area (Å²) in [6, 6.07) is 54.7. The van der Waals surface area contributed by atoms with Gasteiger partial charge in [-0.2, -0.15) is 0 Å². The molecule has 2 heterocycles. The summed E-state index contributed by atoms with van der Waals surface area (Å²) in [5.41, 5.74) is 14.8. The van der Waals surface area contributed by atoms with Crippen LogP contribution in [0.25, 0.3) is 88.3 Å². The summed E-state index contributed by atoms with van der Waals surface area (Å²) in [5, 5.41) is 5.99. The Morgan fingerprint density at radius 3 is 2.08 bits per heavy atom. The van der Waals surface area contributed by atoms with E-state index < -0.39 is 0 Å². The van der Waals surface area contributed by atoms with Crippen LogP contribution in [-0.2, 0) is 5.41 Å². The van der Waals surface area contributed by atoms with Gasteiger partial charge in [0.25, 0.3) is 0 Å². The molecule has 2 nitrogen and oxygen atoms in total. The van der Waals surface area contributed by atoms with E-state index in [4.69, 9.17) is 9.40 Å². The smallest absolute Gasteiger partial charge is 0.136 e. The molecule has 0 spiro atoms. The summed E-state index contributed by atoms with van der Waals surface area (Å²) < 4.78 is 6.34. The molecule has 0 saturated heterocycles. The Hall–Kier alpha value is -5.99. The number of fused-ring (bicyclic) bond motifs is 8. The van der Waals surface area contributed by atoms with E-state index >= 15 is 0 Å². The third-order valence-corrected chi connectivity index (χ3v) is 10.5. The fourth-order valence-corrected chi connectivity index (χ4v) is 8.00. The molecule has 0 bridgehead atoms. The van der Waals surface area contributed by atoms with Gasteiger partial charge in [0, 0.05) is 27.1 Å². The highest BCUT2D eigenvalue weighted by Crippen LogP contribution is 2.52. The van der Waals surface area contributed by atoms with Gasteiger partial charge in [0.2, 0.25) is 0 Å². The van der Waals surface area contributed by atoms with Crippen LogP contribution in [-0.4, -0.2) is 4.98 Å². The van der Waals surface area contributed by atoms with Crippen molar-refractivity contribution in [2.24, 2.45) is 0 Å². The first-order valence-electron chi connectivity index (χ1n) is 16.6. The summed E-state index contributed by atoms with van der Waals surface area (Å²) in [4.78, 5) is 5.31.